The molecule has 0 fully saturated rings. The molecule has 9 heteroatoms. The number of carbonyl (C=O) groups excluding carboxylic acids is 2. The van der Waals surface area contributed by atoms with Crippen LogP contribution in [0, 0.1) is 6.92 Å². The molecule has 6 nitrogen and oxygen atoms in total. The van der Waals surface area contributed by atoms with Crippen LogP contribution in [0.3, 0.4) is 0 Å². The van der Waals surface area contributed by atoms with Crippen LogP contribution in [0.1, 0.15) is 5.56 Å². The van der Waals surface area contributed by atoms with Crippen molar-refractivity contribution in [2.45, 2.75) is 6.92 Å². The Morgan fingerprint density at radius 3 is 2.37 bits per heavy atom. The van der Waals surface area contributed by atoms with Gasteiger partial charge in [-0.2, -0.15) is 0 Å². The molecule has 2 aromatic rings. The molecule has 0 heterocycles. The summed E-state index contributed by atoms with van der Waals surface area (Å²) < 4.78 is 10.5. The number of hydrogen-bond donors (Lipinski definition) is 2. The first-order valence-corrected chi connectivity index (χ1v) is 8.92. The number of amides is 2. The Hall–Kier alpha value is -2.15. The maximum absolute atomic E-state index is 12.0. The van der Waals surface area contributed by atoms with Gasteiger partial charge in [0.1, 0.15) is 11.5 Å². The van der Waals surface area contributed by atoms with Gasteiger partial charge in [0.15, 0.2) is 6.61 Å². The Morgan fingerprint density at radius 1 is 0.963 bits per heavy atom. The van der Waals surface area contributed by atoms with Crippen molar-refractivity contribution in [1.82, 2.24) is 5.32 Å². The summed E-state index contributed by atoms with van der Waals surface area (Å²) in [7, 11) is 1.51. The standard InChI is InChI=1S/C18H17Cl3N2O4/c1-10-3-4-15(26-2)14(5-10)23-17(24)8-22-18(25)9-27-16-7-12(20)11(19)6-13(16)21/h3-7H,8-9H2,1-2H3,(H,22,25)(H,23,24). The maximum Gasteiger partial charge on any atom is 0.258 e. The van der Waals surface area contributed by atoms with Gasteiger partial charge in [0.25, 0.3) is 5.91 Å². The van der Waals surface area contributed by atoms with Crippen molar-refractivity contribution >= 4 is 52.3 Å². The molecule has 0 atom stereocenters. The Bertz CT molecular complexity index is 859. The average molecular weight is 432 g/mol. The average Bonchev–Trinajstić information content (AvgIpc) is 2.62. The van der Waals surface area contributed by atoms with Crippen LogP contribution in [0.25, 0.3) is 0 Å². The van der Waals surface area contributed by atoms with Crippen LogP contribution >= 0.6 is 34.8 Å². The molecule has 2 rings (SSSR count). The van der Waals surface area contributed by atoms with Crippen molar-refractivity contribution < 1.29 is 19.1 Å². The third kappa shape index (κ3) is 6.20. The number of ether oxygens (including phenoxy) is 2. The zero-order valence-corrected chi connectivity index (χ0v) is 16.8. The minimum atomic E-state index is -0.497. The monoisotopic (exact) mass is 430 g/mol. The highest BCUT2D eigenvalue weighted by atomic mass is 35.5. The number of halogens is 3. The normalized spacial score (nSPS) is 10.3. The highest BCUT2D eigenvalue weighted by Crippen LogP contribution is 2.33. The van der Waals surface area contributed by atoms with E-state index in [2.05, 4.69) is 10.6 Å². The van der Waals surface area contributed by atoms with Crippen LogP contribution in [0.5, 0.6) is 11.5 Å². The van der Waals surface area contributed by atoms with E-state index in [9.17, 15) is 9.59 Å². The van der Waals surface area contributed by atoms with Gasteiger partial charge in [-0.05, 0) is 30.7 Å². The molecule has 0 spiro atoms. The van der Waals surface area contributed by atoms with Crippen LogP contribution < -0.4 is 20.1 Å². The number of hydrogen-bond acceptors (Lipinski definition) is 4. The number of benzene rings is 2. The summed E-state index contributed by atoms with van der Waals surface area (Å²) in [6.45, 7) is 1.33. The molecule has 0 aliphatic heterocycles. The molecular weight excluding hydrogens is 415 g/mol. The van der Waals surface area contributed by atoms with Crippen LogP contribution in [0.2, 0.25) is 15.1 Å². The third-order valence-electron chi connectivity index (χ3n) is 3.41. The van der Waals surface area contributed by atoms with Gasteiger partial charge in [0.2, 0.25) is 5.91 Å². The van der Waals surface area contributed by atoms with Crippen molar-refractivity contribution in [3.05, 3.63) is 51.0 Å². The van der Waals surface area contributed by atoms with Crippen LogP contribution in [0.4, 0.5) is 5.69 Å². The van der Waals surface area contributed by atoms with E-state index in [0.717, 1.165) is 5.56 Å². The smallest absolute Gasteiger partial charge is 0.258 e. The Labute approximate surface area is 171 Å². The van der Waals surface area contributed by atoms with E-state index in [1.165, 1.54) is 19.2 Å². The van der Waals surface area contributed by atoms with Gasteiger partial charge in [0, 0.05) is 6.07 Å². The molecule has 2 amide bonds. The Kier molecular flexibility index (Phi) is 7.59. The van der Waals surface area contributed by atoms with Gasteiger partial charge >= 0.3 is 0 Å². The van der Waals surface area contributed by atoms with E-state index in [1.807, 2.05) is 13.0 Å². The highest BCUT2D eigenvalue weighted by molar-refractivity contribution is 6.43. The molecule has 144 valence electrons. The summed E-state index contributed by atoms with van der Waals surface area (Å²) in [5.74, 6) is -0.156. The SMILES string of the molecule is COc1ccc(C)cc1NC(=O)CNC(=O)COc1cc(Cl)c(Cl)cc1Cl. The lowest BCUT2D eigenvalue weighted by molar-refractivity contribution is -0.125. The summed E-state index contributed by atoms with van der Waals surface area (Å²) in [4.78, 5) is 23.9. The number of methoxy groups -OCH3 is 1. The molecule has 0 bridgehead atoms. The van der Waals surface area contributed by atoms with Crippen LogP contribution in [-0.4, -0.2) is 32.1 Å². The van der Waals surface area contributed by atoms with Crippen molar-refractivity contribution in [2.24, 2.45) is 0 Å². The van der Waals surface area contributed by atoms with Gasteiger partial charge in [-0.3, -0.25) is 9.59 Å². The Balaban J connectivity index is 1.84. The summed E-state index contributed by atoms with van der Waals surface area (Å²) >= 11 is 17.7. The molecule has 0 aliphatic carbocycles. The van der Waals surface area contributed by atoms with Gasteiger partial charge in [-0.15, -0.1) is 0 Å². The predicted molar refractivity (Wildman–Crippen MR) is 106 cm³/mol. The molecule has 2 N–H and O–H groups in total. The second-order valence-electron chi connectivity index (χ2n) is 5.51. The molecule has 0 saturated carbocycles. The molecule has 0 radical (unpaired) electrons. The molecular formula is C18H17Cl3N2O4. The molecule has 27 heavy (non-hydrogen) atoms. The van der Waals surface area contributed by atoms with Crippen molar-refractivity contribution in [3.63, 3.8) is 0 Å². The summed E-state index contributed by atoms with van der Waals surface area (Å²) in [6, 6.07) is 8.21. The fraction of sp³-hybridized carbons (Fsp3) is 0.222. The van der Waals surface area contributed by atoms with E-state index in [1.54, 1.807) is 12.1 Å². The molecule has 0 saturated heterocycles. The van der Waals surface area contributed by atoms with Crippen molar-refractivity contribution in [3.8, 4) is 11.5 Å². The second-order valence-corrected chi connectivity index (χ2v) is 6.74. The molecule has 0 unspecified atom stereocenters. The Morgan fingerprint density at radius 2 is 1.67 bits per heavy atom. The van der Waals surface area contributed by atoms with E-state index >= 15 is 0 Å². The van der Waals surface area contributed by atoms with Crippen molar-refractivity contribution in [1.29, 1.82) is 0 Å². The lowest BCUT2D eigenvalue weighted by Crippen LogP contribution is -2.35. The summed E-state index contributed by atoms with van der Waals surface area (Å²) in [5.41, 5.74) is 1.48. The highest BCUT2D eigenvalue weighted by Gasteiger charge is 2.12. The zero-order valence-electron chi connectivity index (χ0n) is 14.6. The minimum Gasteiger partial charge on any atom is -0.495 e. The van der Waals surface area contributed by atoms with E-state index in [-0.39, 0.29) is 34.0 Å². The third-order valence-corrected chi connectivity index (χ3v) is 4.43. The largest absolute Gasteiger partial charge is 0.495 e. The summed E-state index contributed by atoms with van der Waals surface area (Å²) in [6.07, 6.45) is 0. The van der Waals surface area contributed by atoms with Gasteiger partial charge in [-0.1, -0.05) is 40.9 Å². The number of nitrogens with one attached hydrogen (secondary N) is 2. The predicted octanol–water partition coefficient (Wildman–Crippen LogP) is 4.10. The van der Waals surface area contributed by atoms with Gasteiger partial charge < -0.3 is 20.1 Å². The maximum atomic E-state index is 12.0. The van der Waals surface area contributed by atoms with E-state index in [4.69, 9.17) is 44.3 Å². The minimum absolute atomic E-state index is 0.218. The number of rotatable bonds is 7. The fourth-order valence-corrected chi connectivity index (χ4v) is 2.69. The first-order valence-electron chi connectivity index (χ1n) is 7.78. The van der Waals surface area contributed by atoms with Gasteiger partial charge in [-0.25, -0.2) is 0 Å². The number of carbonyl (C=O) groups is 2. The van der Waals surface area contributed by atoms with E-state index in [0.29, 0.717) is 11.4 Å². The van der Waals surface area contributed by atoms with Crippen molar-refractivity contribution in [2.75, 3.05) is 25.6 Å². The second kappa shape index (κ2) is 9.69. The molecule has 0 aliphatic rings. The van der Waals surface area contributed by atoms with Crippen LogP contribution in [0.15, 0.2) is 30.3 Å². The first-order chi connectivity index (χ1) is 12.8. The number of anilines is 1. The molecule has 2 aromatic carbocycles. The van der Waals surface area contributed by atoms with Crippen LogP contribution in [-0.2, 0) is 9.59 Å². The topological polar surface area (TPSA) is 76.7 Å². The first kappa shape index (κ1) is 21.2. The summed E-state index contributed by atoms with van der Waals surface area (Å²) in [5, 5.41) is 5.89. The zero-order chi connectivity index (χ0) is 20.0. The number of aryl methyl sites for hydroxylation is 1. The quantitative estimate of drug-likeness (QED) is 0.647. The lowest BCUT2D eigenvalue weighted by Gasteiger charge is -2.12. The fourth-order valence-electron chi connectivity index (χ4n) is 2.10. The molecule has 0 aromatic heterocycles. The van der Waals surface area contributed by atoms with E-state index < -0.39 is 11.8 Å². The van der Waals surface area contributed by atoms with Gasteiger partial charge in [0.05, 0.1) is 34.4 Å². The lowest BCUT2D eigenvalue weighted by atomic mass is 10.2.